The molecule has 0 spiro atoms. The Hall–Kier alpha value is -1.39. The molecule has 0 bridgehead atoms. The highest BCUT2D eigenvalue weighted by Gasteiger charge is 2.30. The fourth-order valence-electron chi connectivity index (χ4n) is 2.90. The molecule has 0 radical (unpaired) electrons. The third-order valence-electron chi connectivity index (χ3n) is 3.87. The SMILES string of the molecule is C[C@H](N)C(=O)N1CCCC1CN(C)Cc1ccccc1. The average molecular weight is 275 g/mol. The molecule has 0 aromatic heterocycles. The number of hydrogen-bond donors (Lipinski definition) is 1. The highest BCUT2D eigenvalue weighted by Crippen LogP contribution is 2.19. The first kappa shape index (κ1) is 15.0. The van der Waals surface area contributed by atoms with Crippen molar-refractivity contribution in [3.05, 3.63) is 35.9 Å². The zero-order valence-electron chi connectivity index (χ0n) is 12.5. The molecule has 2 N–H and O–H groups in total. The largest absolute Gasteiger partial charge is 0.337 e. The fourth-order valence-corrected chi connectivity index (χ4v) is 2.90. The molecule has 1 aromatic carbocycles. The van der Waals surface area contributed by atoms with Crippen molar-refractivity contribution in [2.75, 3.05) is 20.1 Å². The van der Waals surface area contributed by atoms with Gasteiger partial charge in [0.2, 0.25) is 5.91 Å². The Kier molecular flexibility index (Phi) is 5.15. The Bertz CT molecular complexity index is 433. The second kappa shape index (κ2) is 6.86. The van der Waals surface area contributed by atoms with E-state index in [1.807, 2.05) is 11.0 Å². The average Bonchev–Trinajstić information content (AvgIpc) is 2.86. The van der Waals surface area contributed by atoms with Crippen molar-refractivity contribution >= 4 is 5.91 Å². The van der Waals surface area contributed by atoms with Gasteiger partial charge < -0.3 is 15.5 Å². The van der Waals surface area contributed by atoms with E-state index >= 15 is 0 Å². The van der Waals surface area contributed by atoms with Crippen molar-refractivity contribution in [2.24, 2.45) is 5.73 Å². The number of likely N-dealkylation sites (tertiary alicyclic amines) is 1. The molecule has 1 aromatic rings. The van der Waals surface area contributed by atoms with Gasteiger partial charge >= 0.3 is 0 Å². The van der Waals surface area contributed by atoms with E-state index in [1.54, 1.807) is 6.92 Å². The molecule has 0 aliphatic carbocycles. The molecule has 2 rings (SSSR count). The molecule has 110 valence electrons. The minimum atomic E-state index is -0.393. The predicted molar refractivity (Wildman–Crippen MR) is 81.2 cm³/mol. The number of rotatable bonds is 5. The van der Waals surface area contributed by atoms with Gasteiger partial charge in [-0.3, -0.25) is 4.79 Å². The molecule has 2 atom stereocenters. The van der Waals surface area contributed by atoms with E-state index in [0.717, 1.165) is 32.5 Å². The molecule has 1 aliphatic heterocycles. The van der Waals surface area contributed by atoms with Crippen molar-refractivity contribution in [1.29, 1.82) is 0 Å². The fraction of sp³-hybridized carbons (Fsp3) is 0.562. The Balaban J connectivity index is 1.90. The standard InChI is InChI=1S/C16H25N3O/c1-13(17)16(20)19-10-6-9-15(19)12-18(2)11-14-7-4-3-5-8-14/h3-5,7-8,13,15H,6,9-12,17H2,1-2H3/t13-,15?/m0/s1. The van der Waals surface area contributed by atoms with Crippen LogP contribution in [0.5, 0.6) is 0 Å². The first-order valence-corrected chi connectivity index (χ1v) is 7.36. The Morgan fingerprint density at radius 2 is 2.15 bits per heavy atom. The van der Waals surface area contributed by atoms with Crippen LogP contribution < -0.4 is 5.73 Å². The molecule has 1 saturated heterocycles. The predicted octanol–water partition coefficient (Wildman–Crippen LogP) is 1.46. The van der Waals surface area contributed by atoms with Gasteiger partial charge in [0.05, 0.1) is 6.04 Å². The van der Waals surface area contributed by atoms with Crippen LogP contribution in [0.15, 0.2) is 30.3 Å². The summed E-state index contributed by atoms with van der Waals surface area (Å²) in [4.78, 5) is 16.3. The molecule has 1 fully saturated rings. The molecule has 1 heterocycles. The highest BCUT2D eigenvalue weighted by atomic mass is 16.2. The van der Waals surface area contributed by atoms with Crippen LogP contribution in [0.2, 0.25) is 0 Å². The van der Waals surface area contributed by atoms with Crippen molar-refractivity contribution in [1.82, 2.24) is 9.80 Å². The van der Waals surface area contributed by atoms with E-state index in [9.17, 15) is 4.79 Å². The minimum Gasteiger partial charge on any atom is -0.337 e. The van der Waals surface area contributed by atoms with Gasteiger partial charge in [0.25, 0.3) is 0 Å². The van der Waals surface area contributed by atoms with Crippen molar-refractivity contribution in [2.45, 2.75) is 38.4 Å². The number of hydrogen-bond acceptors (Lipinski definition) is 3. The number of nitrogens with two attached hydrogens (primary N) is 1. The summed E-state index contributed by atoms with van der Waals surface area (Å²) < 4.78 is 0. The van der Waals surface area contributed by atoms with Crippen molar-refractivity contribution in [3.8, 4) is 0 Å². The summed E-state index contributed by atoms with van der Waals surface area (Å²) >= 11 is 0. The van der Waals surface area contributed by atoms with Crippen molar-refractivity contribution in [3.63, 3.8) is 0 Å². The normalized spacial score (nSPS) is 20.4. The third-order valence-corrected chi connectivity index (χ3v) is 3.87. The lowest BCUT2D eigenvalue weighted by atomic mass is 10.1. The maximum atomic E-state index is 12.1. The van der Waals surface area contributed by atoms with Crippen LogP contribution in [0.25, 0.3) is 0 Å². The molecule has 20 heavy (non-hydrogen) atoms. The summed E-state index contributed by atoms with van der Waals surface area (Å²) in [5, 5.41) is 0. The van der Waals surface area contributed by atoms with Gasteiger partial charge in [-0.1, -0.05) is 30.3 Å². The number of amides is 1. The summed E-state index contributed by atoms with van der Waals surface area (Å²) in [6.45, 7) is 4.44. The molecular formula is C16H25N3O. The lowest BCUT2D eigenvalue weighted by Crippen LogP contribution is -2.47. The number of carbonyl (C=O) groups excluding carboxylic acids is 1. The van der Waals surface area contributed by atoms with Crippen LogP contribution in [-0.4, -0.2) is 47.9 Å². The van der Waals surface area contributed by atoms with E-state index in [-0.39, 0.29) is 5.91 Å². The number of likely N-dealkylation sites (N-methyl/N-ethyl adjacent to an activating group) is 1. The second-order valence-corrected chi connectivity index (χ2v) is 5.80. The summed E-state index contributed by atoms with van der Waals surface area (Å²) in [5.74, 6) is 0.0839. The van der Waals surface area contributed by atoms with Gasteiger partial charge in [0.1, 0.15) is 0 Å². The molecule has 0 saturated carbocycles. The van der Waals surface area contributed by atoms with E-state index in [0.29, 0.717) is 6.04 Å². The third kappa shape index (κ3) is 3.81. The van der Waals surface area contributed by atoms with Crippen LogP contribution in [0, 0.1) is 0 Å². The second-order valence-electron chi connectivity index (χ2n) is 5.80. The van der Waals surface area contributed by atoms with Crippen LogP contribution in [0.4, 0.5) is 0 Å². The number of nitrogens with zero attached hydrogens (tertiary/aromatic N) is 2. The smallest absolute Gasteiger partial charge is 0.239 e. The molecular weight excluding hydrogens is 250 g/mol. The van der Waals surface area contributed by atoms with Gasteiger partial charge in [-0.25, -0.2) is 0 Å². The maximum Gasteiger partial charge on any atom is 0.239 e. The lowest BCUT2D eigenvalue weighted by molar-refractivity contribution is -0.133. The lowest BCUT2D eigenvalue weighted by Gasteiger charge is -2.30. The summed E-state index contributed by atoms with van der Waals surface area (Å²) in [7, 11) is 2.11. The van der Waals surface area contributed by atoms with Crippen LogP contribution in [-0.2, 0) is 11.3 Å². The zero-order chi connectivity index (χ0) is 14.5. The van der Waals surface area contributed by atoms with E-state index in [1.165, 1.54) is 5.56 Å². The first-order chi connectivity index (χ1) is 9.58. The van der Waals surface area contributed by atoms with Gasteiger partial charge in [0, 0.05) is 25.7 Å². The van der Waals surface area contributed by atoms with Crippen LogP contribution in [0.1, 0.15) is 25.3 Å². The monoisotopic (exact) mass is 275 g/mol. The van der Waals surface area contributed by atoms with Gasteiger partial charge in [0.15, 0.2) is 0 Å². The van der Waals surface area contributed by atoms with Crippen LogP contribution >= 0.6 is 0 Å². The highest BCUT2D eigenvalue weighted by molar-refractivity contribution is 5.81. The zero-order valence-corrected chi connectivity index (χ0v) is 12.5. The first-order valence-electron chi connectivity index (χ1n) is 7.36. The quantitative estimate of drug-likeness (QED) is 0.885. The Morgan fingerprint density at radius 3 is 2.80 bits per heavy atom. The Labute approximate surface area is 121 Å². The van der Waals surface area contributed by atoms with Gasteiger partial charge in [-0.15, -0.1) is 0 Å². The van der Waals surface area contributed by atoms with E-state index in [4.69, 9.17) is 5.73 Å². The number of benzene rings is 1. The minimum absolute atomic E-state index is 0.0839. The Morgan fingerprint density at radius 1 is 1.45 bits per heavy atom. The maximum absolute atomic E-state index is 12.1. The van der Waals surface area contributed by atoms with Crippen LogP contribution in [0.3, 0.4) is 0 Å². The van der Waals surface area contributed by atoms with Crippen molar-refractivity contribution < 1.29 is 4.79 Å². The molecule has 1 unspecified atom stereocenters. The number of carbonyl (C=O) groups is 1. The summed E-state index contributed by atoms with van der Waals surface area (Å²) in [6, 6.07) is 10.3. The molecule has 1 aliphatic rings. The molecule has 4 heteroatoms. The topological polar surface area (TPSA) is 49.6 Å². The van der Waals surface area contributed by atoms with E-state index < -0.39 is 6.04 Å². The summed E-state index contributed by atoms with van der Waals surface area (Å²) in [5.41, 5.74) is 7.03. The van der Waals surface area contributed by atoms with Gasteiger partial charge in [-0.05, 0) is 32.4 Å². The molecule has 1 amide bonds. The van der Waals surface area contributed by atoms with E-state index in [2.05, 4.69) is 36.2 Å². The van der Waals surface area contributed by atoms with Gasteiger partial charge in [-0.2, -0.15) is 0 Å². The molecule has 4 nitrogen and oxygen atoms in total. The summed E-state index contributed by atoms with van der Waals surface area (Å²) in [6.07, 6.45) is 2.17.